The SMILES string of the molecule is CNCC(C)(CN(C)CCOC(C)C)c1ccccc1. The van der Waals surface area contributed by atoms with Crippen molar-refractivity contribution >= 4 is 0 Å². The lowest BCUT2D eigenvalue weighted by atomic mass is 9.82. The standard InChI is InChI=1S/C17H30N2O/c1-15(2)20-12-11-19(5)14-17(3,13-18-4)16-9-7-6-8-10-16/h6-10,15,18H,11-14H2,1-5H3. The smallest absolute Gasteiger partial charge is 0.0596 e. The van der Waals surface area contributed by atoms with Crippen molar-refractivity contribution in [2.24, 2.45) is 0 Å². The maximum Gasteiger partial charge on any atom is 0.0596 e. The summed E-state index contributed by atoms with van der Waals surface area (Å²) in [4.78, 5) is 2.35. The van der Waals surface area contributed by atoms with E-state index in [9.17, 15) is 0 Å². The maximum absolute atomic E-state index is 5.64. The summed E-state index contributed by atoms with van der Waals surface area (Å²) in [5, 5.41) is 3.33. The lowest BCUT2D eigenvalue weighted by Gasteiger charge is -2.34. The van der Waals surface area contributed by atoms with E-state index in [1.807, 2.05) is 7.05 Å². The van der Waals surface area contributed by atoms with Crippen LogP contribution in [0.3, 0.4) is 0 Å². The van der Waals surface area contributed by atoms with Gasteiger partial charge in [-0.05, 0) is 33.5 Å². The molecule has 0 heterocycles. The fourth-order valence-corrected chi connectivity index (χ4v) is 2.60. The third-order valence-corrected chi connectivity index (χ3v) is 3.58. The van der Waals surface area contributed by atoms with E-state index in [1.165, 1.54) is 5.56 Å². The van der Waals surface area contributed by atoms with Crippen LogP contribution in [0.1, 0.15) is 26.3 Å². The maximum atomic E-state index is 5.64. The Labute approximate surface area is 124 Å². The van der Waals surface area contributed by atoms with E-state index < -0.39 is 0 Å². The number of benzene rings is 1. The number of likely N-dealkylation sites (N-methyl/N-ethyl adjacent to an activating group) is 2. The average molecular weight is 278 g/mol. The van der Waals surface area contributed by atoms with Gasteiger partial charge in [0.25, 0.3) is 0 Å². The molecule has 1 aromatic rings. The van der Waals surface area contributed by atoms with E-state index in [-0.39, 0.29) is 5.41 Å². The highest BCUT2D eigenvalue weighted by atomic mass is 16.5. The number of nitrogens with zero attached hydrogens (tertiary/aromatic N) is 1. The molecule has 0 bridgehead atoms. The molecule has 0 aliphatic rings. The van der Waals surface area contributed by atoms with Gasteiger partial charge in [0.1, 0.15) is 0 Å². The summed E-state index contributed by atoms with van der Waals surface area (Å²) in [6, 6.07) is 10.7. The zero-order chi connectivity index (χ0) is 15.0. The zero-order valence-corrected chi connectivity index (χ0v) is 13.6. The molecule has 0 fully saturated rings. The van der Waals surface area contributed by atoms with E-state index >= 15 is 0 Å². The van der Waals surface area contributed by atoms with Gasteiger partial charge in [0.2, 0.25) is 0 Å². The van der Waals surface area contributed by atoms with Crippen LogP contribution in [0.2, 0.25) is 0 Å². The first-order chi connectivity index (χ1) is 9.48. The largest absolute Gasteiger partial charge is 0.377 e. The first kappa shape index (κ1) is 17.2. The van der Waals surface area contributed by atoms with Crippen LogP contribution in [0.15, 0.2) is 30.3 Å². The van der Waals surface area contributed by atoms with Gasteiger partial charge in [0.15, 0.2) is 0 Å². The summed E-state index contributed by atoms with van der Waals surface area (Å²) in [5.74, 6) is 0. The second-order valence-electron chi connectivity index (χ2n) is 6.11. The Morgan fingerprint density at radius 1 is 1.25 bits per heavy atom. The van der Waals surface area contributed by atoms with Crippen LogP contribution in [0.25, 0.3) is 0 Å². The van der Waals surface area contributed by atoms with Crippen LogP contribution in [-0.2, 0) is 10.2 Å². The lowest BCUT2D eigenvalue weighted by molar-refractivity contribution is 0.0602. The van der Waals surface area contributed by atoms with Gasteiger partial charge in [-0.15, -0.1) is 0 Å². The van der Waals surface area contributed by atoms with E-state index in [2.05, 4.69) is 68.4 Å². The molecule has 0 aromatic heterocycles. The first-order valence-electron chi connectivity index (χ1n) is 7.48. The number of hydrogen-bond donors (Lipinski definition) is 1. The van der Waals surface area contributed by atoms with Gasteiger partial charge in [-0.3, -0.25) is 0 Å². The van der Waals surface area contributed by atoms with E-state index in [0.29, 0.717) is 6.10 Å². The number of nitrogens with one attached hydrogen (secondary N) is 1. The lowest BCUT2D eigenvalue weighted by Crippen LogP contribution is -2.44. The minimum Gasteiger partial charge on any atom is -0.377 e. The van der Waals surface area contributed by atoms with Crippen LogP contribution in [-0.4, -0.2) is 51.3 Å². The van der Waals surface area contributed by atoms with Crippen molar-refractivity contribution in [3.8, 4) is 0 Å². The van der Waals surface area contributed by atoms with Crippen LogP contribution in [0.4, 0.5) is 0 Å². The van der Waals surface area contributed by atoms with Gasteiger partial charge >= 0.3 is 0 Å². The Hall–Kier alpha value is -0.900. The number of ether oxygens (including phenoxy) is 1. The predicted octanol–water partition coefficient (Wildman–Crippen LogP) is 2.52. The molecule has 1 rings (SSSR count). The molecule has 3 heteroatoms. The molecule has 0 saturated carbocycles. The third kappa shape index (κ3) is 5.61. The minimum atomic E-state index is 0.114. The predicted molar refractivity (Wildman–Crippen MR) is 86.3 cm³/mol. The Kier molecular flexibility index (Phi) is 7.20. The topological polar surface area (TPSA) is 24.5 Å². The van der Waals surface area contributed by atoms with Crippen molar-refractivity contribution in [1.82, 2.24) is 10.2 Å². The second-order valence-corrected chi connectivity index (χ2v) is 6.11. The second kappa shape index (κ2) is 8.40. The van der Waals surface area contributed by atoms with Gasteiger partial charge in [-0.2, -0.15) is 0 Å². The molecule has 0 amide bonds. The Morgan fingerprint density at radius 2 is 1.90 bits per heavy atom. The molecular formula is C17H30N2O. The molecule has 0 saturated heterocycles. The summed E-state index contributed by atoms with van der Waals surface area (Å²) >= 11 is 0. The molecule has 1 unspecified atom stereocenters. The van der Waals surface area contributed by atoms with Crippen molar-refractivity contribution in [1.29, 1.82) is 0 Å². The van der Waals surface area contributed by atoms with Crippen molar-refractivity contribution in [3.05, 3.63) is 35.9 Å². The van der Waals surface area contributed by atoms with Gasteiger partial charge in [0.05, 0.1) is 12.7 Å². The Balaban J connectivity index is 2.62. The molecule has 1 atom stereocenters. The quantitative estimate of drug-likeness (QED) is 0.751. The van der Waals surface area contributed by atoms with Gasteiger partial charge in [-0.1, -0.05) is 37.3 Å². The van der Waals surface area contributed by atoms with Gasteiger partial charge in [-0.25, -0.2) is 0 Å². The van der Waals surface area contributed by atoms with Gasteiger partial charge in [0, 0.05) is 25.0 Å². The summed E-state index contributed by atoms with van der Waals surface area (Å²) < 4.78 is 5.64. The van der Waals surface area contributed by atoms with Crippen molar-refractivity contribution < 1.29 is 4.74 Å². The number of hydrogen-bond acceptors (Lipinski definition) is 3. The monoisotopic (exact) mass is 278 g/mol. The van der Waals surface area contributed by atoms with E-state index in [1.54, 1.807) is 0 Å². The minimum absolute atomic E-state index is 0.114. The van der Waals surface area contributed by atoms with Crippen molar-refractivity contribution in [3.63, 3.8) is 0 Å². The highest BCUT2D eigenvalue weighted by Gasteiger charge is 2.27. The van der Waals surface area contributed by atoms with Crippen molar-refractivity contribution in [2.45, 2.75) is 32.3 Å². The Bertz CT molecular complexity index is 367. The molecule has 1 aromatic carbocycles. The van der Waals surface area contributed by atoms with Crippen LogP contribution < -0.4 is 5.32 Å². The molecule has 114 valence electrons. The first-order valence-corrected chi connectivity index (χ1v) is 7.48. The zero-order valence-electron chi connectivity index (χ0n) is 13.6. The highest BCUT2D eigenvalue weighted by Crippen LogP contribution is 2.23. The average Bonchev–Trinajstić information content (AvgIpc) is 2.39. The van der Waals surface area contributed by atoms with Crippen LogP contribution >= 0.6 is 0 Å². The fraction of sp³-hybridized carbons (Fsp3) is 0.647. The summed E-state index contributed by atoms with van der Waals surface area (Å²) in [6.45, 7) is 10.2. The molecule has 0 spiro atoms. The van der Waals surface area contributed by atoms with Crippen LogP contribution in [0.5, 0.6) is 0 Å². The Morgan fingerprint density at radius 3 is 2.45 bits per heavy atom. The molecule has 20 heavy (non-hydrogen) atoms. The fourth-order valence-electron chi connectivity index (χ4n) is 2.60. The number of rotatable bonds is 9. The summed E-state index contributed by atoms with van der Waals surface area (Å²) in [5.41, 5.74) is 1.49. The normalized spacial score (nSPS) is 14.8. The molecule has 0 aliphatic carbocycles. The van der Waals surface area contributed by atoms with Gasteiger partial charge < -0.3 is 15.0 Å². The summed E-state index contributed by atoms with van der Waals surface area (Å²) in [7, 11) is 4.18. The molecule has 0 radical (unpaired) electrons. The van der Waals surface area contributed by atoms with Crippen LogP contribution in [0, 0.1) is 0 Å². The molecule has 3 nitrogen and oxygen atoms in total. The van der Waals surface area contributed by atoms with E-state index in [4.69, 9.17) is 4.74 Å². The van der Waals surface area contributed by atoms with Crippen molar-refractivity contribution in [2.75, 3.05) is 40.3 Å². The molecular weight excluding hydrogens is 248 g/mol. The molecule has 1 N–H and O–H groups in total. The molecule has 0 aliphatic heterocycles. The van der Waals surface area contributed by atoms with E-state index in [0.717, 1.165) is 26.2 Å². The third-order valence-electron chi connectivity index (χ3n) is 3.58. The highest BCUT2D eigenvalue weighted by molar-refractivity contribution is 5.25. The summed E-state index contributed by atoms with van der Waals surface area (Å²) in [6.07, 6.45) is 0.307.